The average Bonchev–Trinajstić information content (AvgIpc) is 2.91. The predicted molar refractivity (Wildman–Crippen MR) is 73.1 cm³/mol. The molecule has 1 aromatic carbocycles. The largest absolute Gasteiger partial charge is 0.337 e. The van der Waals surface area contributed by atoms with Crippen LogP contribution >= 0.6 is 0 Å². The first-order valence-corrected chi connectivity index (χ1v) is 5.83. The van der Waals surface area contributed by atoms with Crippen molar-refractivity contribution >= 4 is 16.6 Å². The number of fused-ring (bicyclic) bond motifs is 1. The number of aromatic amines is 2. The maximum absolute atomic E-state index is 4.56. The number of hydrogen-bond donors (Lipinski definition) is 2. The van der Waals surface area contributed by atoms with Gasteiger partial charge in [-0.1, -0.05) is 18.7 Å². The summed E-state index contributed by atoms with van der Waals surface area (Å²) in [7, 11) is 0. The summed E-state index contributed by atoms with van der Waals surface area (Å²) in [6.45, 7) is 7.96. The number of nitrogens with one attached hydrogen (secondary N) is 2. The van der Waals surface area contributed by atoms with Gasteiger partial charge in [0.15, 0.2) is 5.82 Å². The van der Waals surface area contributed by atoms with Crippen LogP contribution < -0.4 is 0 Å². The number of allylic oxidation sites excluding steroid dienone is 1. The molecule has 4 heteroatoms. The van der Waals surface area contributed by atoms with Crippen LogP contribution in [0.4, 0.5) is 0 Å². The summed E-state index contributed by atoms with van der Waals surface area (Å²) in [6.07, 6.45) is 0. The standard InChI is InChI=1S/C14H14N4/c1-8(2)12-9(3)17-18-13(12)14-15-10-6-4-5-7-11(10)16-14/h4-7H,1H2,2-3H3,(H,15,16)(H,17,18). The third kappa shape index (κ3) is 1.54. The maximum Gasteiger partial charge on any atom is 0.159 e. The van der Waals surface area contributed by atoms with Crippen molar-refractivity contribution < 1.29 is 0 Å². The third-order valence-corrected chi connectivity index (χ3v) is 2.99. The van der Waals surface area contributed by atoms with E-state index in [-0.39, 0.29) is 0 Å². The highest BCUT2D eigenvalue weighted by Crippen LogP contribution is 2.27. The van der Waals surface area contributed by atoms with Gasteiger partial charge in [-0.3, -0.25) is 5.10 Å². The van der Waals surface area contributed by atoms with Crippen LogP contribution in [0.15, 0.2) is 30.8 Å². The number of rotatable bonds is 2. The van der Waals surface area contributed by atoms with Gasteiger partial charge >= 0.3 is 0 Å². The van der Waals surface area contributed by atoms with Crippen molar-refractivity contribution in [1.82, 2.24) is 20.2 Å². The zero-order valence-corrected chi connectivity index (χ0v) is 10.4. The highest BCUT2D eigenvalue weighted by Gasteiger charge is 2.15. The highest BCUT2D eigenvalue weighted by molar-refractivity contribution is 5.82. The lowest BCUT2D eigenvalue weighted by Crippen LogP contribution is -1.87. The first-order chi connectivity index (χ1) is 8.66. The Labute approximate surface area is 105 Å². The predicted octanol–water partition coefficient (Wildman–Crippen LogP) is 3.29. The molecule has 0 unspecified atom stereocenters. The van der Waals surface area contributed by atoms with Crippen LogP contribution in [0, 0.1) is 6.92 Å². The van der Waals surface area contributed by atoms with Gasteiger partial charge in [0.05, 0.1) is 11.0 Å². The van der Waals surface area contributed by atoms with Gasteiger partial charge in [-0.2, -0.15) is 5.10 Å². The molecule has 0 saturated heterocycles. The number of benzene rings is 1. The van der Waals surface area contributed by atoms with Crippen molar-refractivity contribution in [3.05, 3.63) is 42.1 Å². The van der Waals surface area contributed by atoms with Crippen molar-refractivity contribution in [1.29, 1.82) is 0 Å². The second-order valence-electron chi connectivity index (χ2n) is 4.46. The van der Waals surface area contributed by atoms with Gasteiger partial charge in [-0.05, 0) is 31.6 Å². The number of H-pyrrole nitrogens is 2. The second-order valence-corrected chi connectivity index (χ2v) is 4.46. The van der Waals surface area contributed by atoms with Gasteiger partial charge in [0, 0.05) is 11.3 Å². The number of aromatic nitrogens is 4. The van der Waals surface area contributed by atoms with E-state index in [2.05, 4.69) is 26.7 Å². The van der Waals surface area contributed by atoms with Gasteiger partial charge in [0.2, 0.25) is 0 Å². The summed E-state index contributed by atoms with van der Waals surface area (Å²) in [5.41, 5.74) is 5.82. The average molecular weight is 238 g/mol. The number of aryl methyl sites for hydroxylation is 1. The summed E-state index contributed by atoms with van der Waals surface area (Å²) in [6, 6.07) is 7.95. The molecular formula is C14H14N4. The molecule has 0 aliphatic carbocycles. The lowest BCUT2D eigenvalue weighted by atomic mass is 10.1. The quantitative estimate of drug-likeness (QED) is 0.719. The molecule has 3 rings (SSSR count). The Bertz CT molecular complexity index is 700. The molecule has 2 heterocycles. The van der Waals surface area contributed by atoms with E-state index in [1.54, 1.807) is 0 Å². The summed E-state index contributed by atoms with van der Waals surface area (Å²) < 4.78 is 0. The van der Waals surface area contributed by atoms with E-state index in [9.17, 15) is 0 Å². The summed E-state index contributed by atoms with van der Waals surface area (Å²) in [5, 5.41) is 7.31. The number of para-hydroxylation sites is 2. The topological polar surface area (TPSA) is 57.4 Å². The number of hydrogen-bond acceptors (Lipinski definition) is 2. The van der Waals surface area contributed by atoms with Gasteiger partial charge in [-0.25, -0.2) is 4.98 Å². The maximum atomic E-state index is 4.56. The van der Waals surface area contributed by atoms with Gasteiger partial charge in [0.1, 0.15) is 5.69 Å². The zero-order valence-electron chi connectivity index (χ0n) is 10.4. The lowest BCUT2D eigenvalue weighted by molar-refractivity contribution is 1.04. The molecule has 0 aliphatic rings. The van der Waals surface area contributed by atoms with Crippen molar-refractivity contribution in [3.63, 3.8) is 0 Å². The molecule has 0 amide bonds. The van der Waals surface area contributed by atoms with Crippen LogP contribution in [-0.4, -0.2) is 20.2 Å². The fourth-order valence-corrected chi connectivity index (χ4v) is 2.19. The monoisotopic (exact) mass is 238 g/mol. The molecule has 0 spiro atoms. The second kappa shape index (κ2) is 3.84. The Kier molecular flexibility index (Phi) is 2.30. The summed E-state index contributed by atoms with van der Waals surface area (Å²) >= 11 is 0. The molecule has 18 heavy (non-hydrogen) atoms. The highest BCUT2D eigenvalue weighted by atomic mass is 15.1. The van der Waals surface area contributed by atoms with Gasteiger partial charge < -0.3 is 4.98 Å². The van der Waals surface area contributed by atoms with Crippen molar-refractivity contribution in [2.75, 3.05) is 0 Å². The van der Waals surface area contributed by atoms with E-state index in [0.717, 1.165) is 39.4 Å². The lowest BCUT2D eigenvalue weighted by Gasteiger charge is -1.99. The number of nitrogens with zero attached hydrogens (tertiary/aromatic N) is 2. The van der Waals surface area contributed by atoms with Gasteiger partial charge in [0.25, 0.3) is 0 Å². The van der Waals surface area contributed by atoms with Crippen LogP contribution in [0.5, 0.6) is 0 Å². The molecule has 0 bridgehead atoms. The molecule has 0 radical (unpaired) electrons. The molecule has 0 fully saturated rings. The van der Waals surface area contributed by atoms with Crippen molar-refractivity contribution in [2.45, 2.75) is 13.8 Å². The zero-order chi connectivity index (χ0) is 12.7. The SMILES string of the molecule is C=C(C)c1c(-c2nc3ccccc3[nH]2)n[nH]c1C. The molecule has 3 aromatic rings. The van der Waals surface area contributed by atoms with Crippen LogP contribution in [-0.2, 0) is 0 Å². The van der Waals surface area contributed by atoms with E-state index in [4.69, 9.17) is 0 Å². The summed E-state index contributed by atoms with van der Waals surface area (Å²) in [4.78, 5) is 7.85. The Morgan fingerprint density at radius 1 is 1.28 bits per heavy atom. The Morgan fingerprint density at radius 2 is 2.06 bits per heavy atom. The molecule has 0 atom stereocenters. The normalized spacial score (nSPS) is 11.0. The Hall–Kier alpha value is -2.36. The van der Waals surface area contributed by atoms with Crippen LogP contribution in [0.3, 0.4) is 0 Å². The summed E-state index contributed by atoms with van der Waals surface area (Å²) in [5.74, 6) is 0.776. The minimum atomic E-state index is 0.776. The minimum Gasteiger partial charge on any atom is -0.337 e. The Balaban J connectivity index is 2.23. The third-order valence-electron chi connectivity index (χ3n) is 2.99. The van der Waals surface area contributed by atoms with Crippen molar-refractivity contribution in [2.24, 2.45) is 0 Å². The fourth-order valence-electron chi connectivity index (χ4n) is 2.19. The van der Waals surface area contributed by atoms with E-state index in [0.29, 0.717) is 0 Å². The van der Waals surface area contributed by atoms with E-state index in [1.807, 2.05) is 38.1 Å². The fraction of sp³-hybridized carbons (Fsp3) is 0.143. The molecule has 90 valence electrons. The molecule has 0 aliphatic heterocycles. The minimum absolute atomic E-state index is 0.776. The first kappa shape index (κ1) is 10.8. The van der Waals surface area contributed by atoms with E-state index >= 15 is 0 Å². The van der Waals surface area contributed by atoms with Crippen molar-refractivity contribution in [3.8, 4) is 11.5 Å². The van der Waals surface area contributed by atoms with Crippen LogP contribution in [0.1, 0.15) is 18.2 Å². The molecule has 0 saturated carbocycles. The number of imidazole rings is 1. The van der Waals surface area contributed by atoms with E-state index < -0.39 is 0 Å². The smallest absolute Gasteiger partial charge is 0.159 e. The Morgan fingerprint density at radius 3 is 2.78 bits per heavy atom. The van der Waals surface area contributed by atoms with Gasteiger partial charge in [-0.15, -0.1) is 0 Å². The molecule has 4 nitrogen and oxygen atoms in total. The molecule has 2 N–H and O–H groups in total. The first-order valence-electron chi connectivity index (χ1n) is 5.83. The van der Waals surface area contributed by atoms with Crippen LogP contribution in [0.25, 0.3) is 28.1 Å². The van der Waals surface area contributed by atoms with E-state index in [1.165, 1.54) is 0 Å². The van der Waals surface area contributed by atoms with Crippen LogP contribution in [0.2, 0.25) is 0 Å². The molecular weight excluding hydrogens is 224 g/mol. The molecule has 2 aromatic heterocycles.